The predicted molar refractivity (Wildman–Crippen MR) is 107 cm³/mol. The Hall–Kier alpha value is -3.96. The number of benzene rings is 2. The fraction of sp³-hybridized carbons (Fsp3) is 0.143. The number of nitrogens with zero attached hydrogens (tertiary/aromatic N) is 5. The first-order chi connectivity index (χ1) is 15.4. The van der Waals surface area contributed by atoms with Crippen LogP contribution in [0.3, 0.4) is 0 Å². The normalized spacial score (nSPS) is 12.7. The van der Waals surface area contributed by atoms with Crippen LogP contribution in [0.5, 0.6) is 0 Å². The molecule has 170 valence electrons. The lowest BCUT2D eigenvalue weighted by Crippen LogP contribution is -2.18. The van der Waals surface area contributed by atoms with Crippen LogP contribution < -0.4 is 5.49 Å². The maximum Gasteiger partial charge on any atom is 0.416 e. The number of alkyl halides is 6. The molecule has 0 spiro atoms. The summed E-state index contributed by atoms with van der Waals surface area (Å²) < 4.78 is 79.1. The van der Waals surface area contributed by atoms with E-state index in [2.05, 4.69) is 15.1 Å². The van der Waals surface area contributed by atoms with Crippen LogP contribution in [0.4, 0.5) is 26.3 Å². The first-order valence-corrected chi connectivity index (χ1v) is 9.36. The first-order valence-electron chi connectivity index (χ1n) is 9.36. The Kier molecular flexibility index (Phi) is 5.30. The van der Waals surface area contributed by atoms with Crippen molar-refractivity contribution < 1.29 is 26.3 Å². The number of halogens is 6. The van der Waals surface area contributed by atoms with Crippen LogP contribution in [0.25, 0.3) is 16.9 Å². The SMILES string of the molecule is Cc1nc2c(=N)n(/N=C\c3ccc(C(F)(F)F)cc3)cnc2n1-c1ccc(C(F)(F)F)cc1. The monoisotopic (exact) mass is 464 g/mol. The molecule has 0 aliphatic rings. The summed E-state index contributed by atoms with van der Waals surface area (Å²) in [6.07, 6.45) is -6.43. The van der Waals surface area contributed by atoms with Crippen LogP contribution in [0.2, 0.25) is 0 Å². The first kappa shape index (κ1) is 22.2. The molecule has 0 unspecified atom stereocenters. The van der Waals surface area contributed by atoms with Gasteiger partial charge in [-0.2, -0.15) is 31.4 Å². The Morgan fingerprint density at radius 3 is 1.97 bits per heavy atom. The van der Waals surface area contributed by atoms with E-state index in [0.29, 0.717) is 17.1 Å². The molecule has 0 saturated carbocycles. The van der Waals surface area contributed by atoms with Gasteiger partial charge in [-0.15, -0.1) is 0 Å². The summed E-state index contributed by atoms with van der Waals surface area (Å²) in [6, 6.07) is 8.78. The molecule has 2 aromatic carbocycles. The van der Waals surface area contributed by atoms with Crippen LogP contribution in [-0.4, -0.2) is 25.4 Å². The number of imidazole rings is 1. The molecule has 0 aliphatic heterocycles. The van der Waals surface area contributed by atoms with Gasteiger partial charge in [0.05, 0.1) is 17.3 Å². The summed E-state index contributed by atoms with van der Waals surface area (Å²) in [5.74, 6) is 0.398. The molecule has 2 heterocycles. The van der Waals surface area contributed by atoms with E-state index in [1.165, 1.54) is 41.4 Å². The summed E-state index contributed by atoms with van der Waals surface area (Å²) in [7, 11) is 0. The van der Waals surface area contributed by atoms with E-state index in [9.17, 15) is 26.3 Å². The quantitative estimate of drug-likeness (QED) is 0.345. The molecule has 33 heavy (non-hydrogen) atoms. The molecule has 4 aromatic rings. The Bertz CT molecular complexity index is 1390. The van der Waals surface area contributed by atoms with Crippen LogP contribution in [0.15, 0.2) is 60.0 Å². The van der Waals surface area contributed by atoms with E-state index in [1.807, 2.05) is 0 Å². The van der Waals surface area contributed by atoms with Gasteiger partial charge < -0.3 is 0 Å². The van der Waals surface area contributed by atoms with Gasteiger partial charge in [-0.25, -0.2) is 14.6 Å². The fourth-order valence-corrected chi connectivity index (χ4v) is 3.16. The van der Waals surface area contributed by atoms with Gasteiger partial charge >= 0.3 is 12.4 Å². The molecule has 0 atom stereocenters. The molecule has 0 amide bonds. The highest BCUT2D eigenvalue weighted by atomic mass is 19.4. The van der Waals surface area contributed by atoms with Crippen molar-refractivity contribution in [3.63, 3.8) is 0 Å². The molecule has 0 fully saturated rings. The number of hydrogen-bond acceptors (Lipinski definition) is 4. The lowest BCUT2D eigenvalue weighted by atomic mass is 10.1. The molecule has 12 heteroatoms. The Balaban J connectivity index is 1.68. The van der Waals surface area contributed by atoms with Gasteiger partial charge in [-0.3, -0.25) is 9.98 Å². The van der Waals surface area contributed by atoms with Gasteiger partial charge in [0.1, 0.15) is 12.2 Å². The summed E-state index contributed by atoms with van der Waals surface area (Å²) >= 11 is 0. The molecule has 0 radical (unpaired) electrons. The lowest BCUT2D eigenvalue weighted by molar-refractivity contribution is -0.138. The minimum atomic E-state index is -4.46. The largest absolute Gasteiger partial charge is 0.416 e. The lowest BCUT2D eigenvalue weighted by Gasteiger charge is -2.10. The highest BCUT2D eigenvalue weighted by Crippen LogP contribution is 2.30. The standard InChI is InChI=1S/C21H14F6N6/c1-12-31-17-18(28)32(30-10-13-2-4-14(5-3-13)20(22,23)24)11-29-19(17)33(12)16-8-6-15(7-9-16)21(25,26)27/h2-11,28H,1H3/b28-18?,30-10-. The zero-order chi connectivity index (χ0) is 24.0. The van der Waals surface area contributed by atoms with Crippen molar-refractivity contribution in [2.24, 2.45) is 5.10 Å². The van der Waals surface area contributed by atoms with Gasteiger partial charge in [0.15, 0.2) is 16.7 Å². The van der Waals surface area contributed by atoms with Crippen LogP contribution in [0.1, 0.15) is 22.5 Å². The number of nitrogens with one attached hydrogen (secondary N) is 1. The van der Waals surface area contributed by atoms with Crippen molar-refractivity contribution in [3.05, 3.63) is 82.9 Å². The number of aryl methyl sites for hydroxylation is 1. The van der Waals surface area contributed by atoms with E-state index in [4.69, 9.17) is 5.41 Å². The number of fused-ring (bicyclic) bond motifs is 1. The zero-order valence-electron chi connectivity index (χ0n) is 16.8. The number of aromatic nitrogens is 4. The zero-order valence-corrected chi connectivity index (χ0v) is 16.8. The van der Waals surface area contributed by atoms with E-state index < -0.39 is 23.5 Å². The van der Waals surface area contributed by atoms with Gasteiger partial charge in [0, 0.05) is 5.69 Å². The molecule has 0 saturated heterocycles. The molecular formula is C21H14F6N6. The summed E-state index contributed by atoms with van der Waals surface area (Å²) in [5, 5.41) is 12.4. The summed E-state index contributed by atoms with van der Waals surface area (Å²) in [4.78, 5) is 8.51. The average Bonchev–Trinajstić information content (AvgIpc) is 3.09. The van der Waals surface area contributed by atoms with E-state index in [-0.39, 0.29) is 16.7 Å². The third kappa shape index (κ3) is 4.36. The smallest absolute Gasteiger partial charge is 0.281 e. The van der Waals surface area contributed by atoms with E-state index >= 15 is 0 Å². The van der Waals surface area contributed by atoms with Gasteiger partial charge in [0.2, 0.25) is 0 Å². The van der Waals surface area contributed by atoms with E-state index in [0.717, 1.165) is 28.9 Å². The van der Waals surface area contributed by atoms with E-state index in [1.54, 1.807) is 6.92 Å². The molecule has 1 N–H and O–H groups in total. The van der Waals surface area contributed by atoms with Gasteiger partial charge in [-0.05, 0) is 48.9 Å². The maximum absolute atomic E-state index is 12.8. The molecular weight excluding hydrogens is 450 g/mol. The van der Waals surface area contributed by atoms with Crippen LogP contribution >= 0.6 is 0 Å². The van der Waals surface area contributed by atoms with Crippen molar-refractivity contribution >= 4 is 17.4 Å². The molecule has 0 bridgehead atoms. The topological polar surface area (TPSA) is 71.8 Å². The van der Waals surface area contributed by atoms with Crippen molar-refractivity contribution in [2.45, 2.75) is 19.3 Å². The second-order valence-electron chi connectivity index (χ2n) is 7.01. The average molecular weight is 464 g/mol. The van der Waals surface area contributed by atoms with Crippen molar-refractivity contribution in [3.8, 4) is 5.69 Å². The molecule has 0 aliphatic carbocycles. The minimum absolute atomic E-state index is 0.152. The fourth-order valence-electron chi connectivity index (χ4n) is 3.16. The Labute approximate surface area is 182 Å². The number of hydrogen-bond donors (Lipinski definition) is 1. The van der Waals surface area contributed by atoms with Crippen molar-refractivity contribution in [1.29, 1.82) is 5.41 Å². The molecule has 6 nitrogen and oxygen atoms in total. The van der Waals surface area contributed by atoms with Crippen LogP contribution in [-0.2, 0) is 12.4 Å². The second kappa shape index (κ2) is 7.87. The summed E-state index contributed by atoms with van der Waals surface area (Å²) in [5.41, 5.74) is -0.573. The van der Waals surface area contributed by atoms with Crippen molar-refractivity contribution in [2.75, 3.05) is 0 Å². The maximum atomic E-state index is 12.8. The Morgan fingerprint density at radius 1 is 0.879 bits per heavy atom. The minimum Gasteiger partial charge on any atom is -0.281 e. The molecule has 4 rings (SSSR count). The third-order valence-electron chi connectivity index (χ3n) is 4.79. The van der Waals surface area contributed by atoms with Crippen LogP contribution in [0, 0.1) is 12.3 Å². The highest BCUT2D eigenvalue weighted by molar-refractivity contribution is 5.79. The summed E-state index contributed by atoms with van der Waals surface area (Å²) in [6.45, 7) is 1.62. The third-order valence-corrected chi connectivity index (χ3v) is 4.79. The predicted octanol–water partition coefficient (Wildman–Crippen LogP) is 4.93. The Morgan fingerprint density at radius 2 is 1.42 bits per heavy atom. The van der Waals surface area contributed by atoms with Gasteiger partial charge in [-0.1, -0.05) is 12.1 Å². The highest BCUT2D eigenvalue weighted by Gasteiger charge is 2.30. The van der Waals surface area contributed by atoms with Gasteiger partial charge in [0.25, 0.3) is 0 Å². The molecule has 2 aromatic heterocycles. The number of rotatable bonds is 3. The second-order valence-corrected chi connectivity index (χ2v) is 7.01. The van der Waals surface area contributed by atoms with Crippen molar-refractivity contribution in [1.82, 2.24) is 19.2 Å².